The highest BCUT2D eigenvalue weighted by Gasteiger charge is 2.30. The number of aryl methyl sites for hydroxylation is 2. The van der Waals surface area contributed by atoms with E-state index in [1.807, 2.05) is 0 Å². The van der Waals surface area contributed by atoms with Gasteiger partial charge >= 0.3 is 6.18 Å². The minimum Gasteiger partial charge on any atom is -0.340 e. The smallest absolute Gasteiger partial charge is 0.340 e. The molecule has 1 aromatic carbocycles. The van der Waals surface area contributed by atoms with Gasteiger partial charge in [-0.1, -0.05) is 6.07 Å². The molecule has 1 N–H and O–H groups in total. The zero-order chi connectivity index (χ0) is 15.0. The lowest BCUT2D eigenvalue weighted by atomic mass is 10.2. The highest BCUT2D eigenvalue weighted by Crippen LogP contribution is 2.33. The summed E-state index contributed by atoms with van der Waals surface area (Å²) in [7, 11) is 0. The SMILES string of the molecule is Cc1nc2c(c(Nc3cccc(C(F)(F)F)c3)n1)CCC2. The number of hydrogen-bond donors (Lipinski definition) is 1. The van der Waals surface area contributed by atoms with Crippen molar-refractivity contribution in [2.24, 2.45) is 0 Å². The molecule has 0 amide bonds. The Kier molecular flexibility index (Phi) is 3.31. The van der Waals surface area contributed by atoms with Crippen LogP contribution in [0.1, 0.15) is 29.1 Å². The van der Waals surface area contributed by atoms with Gasteiger partial charge in [0.05, 0.1) is 5.56 Å². The molecule has 0 spiro atoms. The van der Waals surface area contributed by atoms with E-state index < -0.39 is 11.7 Å². The summed E-state index contributed by atoms with van der Waals surface area (Å²) in [4.78, 5) is 8.71. The van der Waals surface area contributed by atoms with Gasteiger partial charge in [0.1, 0.15) is 11.6 Å². The van der Waals surface area contributed by atoms with Crippen molar-refractivity contribution in [2.45, 2.75) is 32.4 Å². The number of rotatable bonds is 2. The quantitative estimate of drug-likeness (QED) is 0.908. The van der Waals surface area contributed by atoms with E-state index in [1.165, 1.54) is 6.07 Å². The molecule has 6 heteroatoms. The maximum Gasteiger partial charge on any atom is 0.416 e. The molecule has 110 valence electrons. The first-order valence-electron chi connectivity index (χ1n) is 6.74. The Morgan fingerprint density at radius 3 is 2.71 bits per heavy atom. The molecule has 2 aromatic rings. The molecular weight excluding hydrogens is 279 g/mol. The number of alkyl halides is 3. The van der Waals surface area contributed by atoms with Crippen molar-refractivity contribution in [2.75, 3.05) is 5.32 Å². The highest BCUT2D eigenvalue weighted by atomic mass is 19.4. The maximum absolute atomic E-state index is 12.7. The van der Waals surface area contributed by atoms with Crippen molar-refractivity contribution >= 4 is 11.5 Å². The summed E-state index contributed by atoms with van der Waals surface area (Å²) in [6.45, 7) is 1.79. The van der Waals surface area contributed by atoms with Gasteiger partial charge in [-0.3, -0.25) is 0 Å². The van der Waals surface area contributed by atoms with E-state index >= 15 is 0 Å². The molecule has 0 atom stereocenters. The molecule has 3 nitrogen and oxygen atoms in total. The molecule has 3 rings (SSSR count). The fourth-order valence-corrected chi connectivity index (χ4v) is 2.57. The topological polar surface area (TPSA) is 37.8 Å². The van der Waals surface area contributed by atoms with E-state index in [1.54, 1.807) is 13.0 Å². The van der Waals surface area contributed by atoms with Gasteiger partial charge in [0.25, 0.3) is 0 Å². The van der Waals surface area contributed by atoms with Gasteiger partial charge in [-0.15, -0.1) is 0 Å². The lowest BCUT2D eigenvalue weighted by molar-refractivity contribution is -0.137. The second kappa shape index (κ2) is 5.02. The summed E-state index contributed by atoms with van der Waals surface area (Å²) in [5, 5.41) is 3.01. The van der Waals surface area contributed by atoms with Gasteiger partial charge in [0, 0.05) is 16.9 Å². The Bertz CT molecular complexity index is 680. The Morgan fingerprint density at radius 2 is 1.95 bits per heavy atom. The van der Waals surface area contributed by atoms with Crippen LogP contribution in [-0.2, 0) is 19.0 Å². The van der Waals surface area contributed by atoms with E-state index in [4.69, 9.17) is 0 Å². The zero-order valence-corrected chi connectivity index (χ0v) is 11.5. The van der Waals surface area contributed by atoms with Crippen molar-refractivity contribution < 1.29 is 13.2 Å². The van der Waals surface area contributed by atoms with Crippen LogP contribution in [0.4, 0.5) is 24.7 Å². The lowest BCUT2D eigenvalue weighted by Crippen LogP contribution is -2.07. The van der Waals surface area contributed by atoms with E-state index in [0.29, 0.717) is 17.3 Å². The van der Waals surface area contributed by atoms with Crippen molar-refractivity contribution in [3.05, 3.63) is 46.9 Å². The average Bonchev–Trinajstić information content (AvgIpc) is 2.86. The highest BCUT2D eigenvalue weighted by molar-refractivity contribution is 5.61. The lowest BCUT2D eigenvalue weighted by Gasteiger charge is -2.13. The third-order valence-corrected chi connectivity index (χ3v) is 3.50. The fourth-order valence-electron chi connectivity index (χ4n) is 2.57. The molecular formula is C15H14F3N3. The van der Waals surface area contributed by atoms with E-state index in [0.717, 1.165) is 42.7 Å². The normalized spacial score (nSPS) is 14.1. The first-order chi connectivity index (χ1) is 9.93. The number of fused-ring (bicyclic) bond motifs is 1. The van der Waals surface area contributed by atoms with E-state index in [9.17, 15) is 13.2 Å². The van der Waals surface area contributed by atoms with Gasteiger partial charge in [-0.2, -0.15) is 13.2 Å². The Balaban J connectivity index is 1.95. The van der Waals surface area contributed by atoms with Gasteiger partial charge in [-0.25, -0.2) is 9.97 Å². The van der Waals surface area contributed by atoms with Gasteiger partial charge in [-0.05, 0) is 44.4 Å². The van der Waals surface area contributed by atoms with E-state index in [-0.39, 0.29) is 0 Å². The van der Waals surface area contributed by atoms with Crippen molar-refractivity contribution in [1.29, 1.82) is 0 Å². The predicted octanol–water partition coefficient (Wildman–Crippen LogP) is 4.04. The van der Waals surface area contributed by atoms with Crippen LogP contribution in [0.2, 0.25) is 0 Å². The number of halogens is 3. The third kappa shape index (κ3) is 2.84. The third-order valence-electron chi connectivity index (χ3n) is 3.50. The van der Waals surface area contributed by atoms with Crippen LogP contribution in [0.25, 0.3) is 0 Å². The first-order valence-corrected chi connectivity index (χ1v) is 6.74. The predicted molar refractivity (Wildman–Crippen MR) is 73.5 cm³/mol. The number of anilines is 2. The largest absolute Gasteiger partial charge is 0.416 e. The molecule has 0 unspecified atom stereocenters. The van der Waals surface area contributed by atoms with Crippen LogP contribution >= 0.6 is 0 Å². The summed E-state index contributed by atoms with van der Waals surface area (Å²) in [6.07, 6.45) is -1.58. The zero-order valence-electron chi connectivity index (χ0n) is 11.5. The minimum absolute atomic E-state index is 0.386. The maximum atomic E-state index is 12.7. The molecule has 0 radical (unpaired) electrons. The van der Waals surface area contributed by atoms with Crippen LogP contribution in [-0.4, -0.2) is 9.97 Å². The van der Waals surface area contributed by atoms with Crippen molar-refractivity contribution in [1.82, 2.24) is 9.97 Å². The summed E-state index contributed by atoms with van der Waals surface area (Å²) in [5.41, 5.74) is 1.72. The number of nitrogens with one attached hydrogen (secondary N) is 1. The summed E-state index contributed by atoms with van der Waals surface area (Å²) >= 11 is 0. The summed E-state index contributed by atoms with van der Waals surface area (Å²) in [6, 6.07) is 5.15. The molecule has 0 fully saturated rings. The number of aromatic nitrogens is 2. The van der Waals surface area contributed by atoms with Gasteiger partial charge in [0.2, 0.25) is 0 Å². The van der Waals surface area contributed by atoms with Crippen LogP contribution in [0.15, 0.2) is 24.3 Å². The number of hydrogen-bond acceptors (Lipinski definition) is 3. The van der Waals surface area contributed by atoms with Crippen molar-refractivity contribution in [3.8, 4) is 0 Å². The minimum atomic E-state index is -4.35. The molecule has 0 bridgehead atoms. The molecule has 1 aliphatic carbocycles. The standard InChI is InChI=1S/C15H14F3N3/c1-9-19-13-7-3-6-12(13)14(20-9)21-11-5-2-4-10(8-11)15(16,17)18/h2,4-5,8H,3,6-7H2,1H3,(H,19,20,21). The summed E-state index contributed by atoms with van der Waals surface area (Å²) in [5.74, 6) is 1.25. The Morgan fingerprint density at radius 1 is 1.14 bits per heavy atom. The second-order valence-corrected chi connectivity index (χ2v) is 5.10. The van der Waals surface area contributed by atoms with Crippen LogP contribution in [0.5, 0.6) is 0 Å². The van der Waals surface area contributed by atoms with Gasteiger partial charge < -0.3 is 5.32 Å². The molecule has 1 heterocycles. The number of nitrogens with zero attached hydrogens (tertiary/aromatic N) is 2. The second-order valence-electron chi connectivity index (χ2n) is 5.10. The number of benzene rings is 1. The monoisotopic (exact) mass is 293 g/mol. The van der Waals surface area contributed by atoms with E-state index in [2.05, 4.69) is 15.3 Å². The summed E-state index contributed by atoms with van der Waals surface area (Å²) < 4.78 is 38.2. The molecule has 21 heavy (non-hydrogen) atoms. The molecule has 1 aliphatic rings. The van der Waals surface area contributed by atoms with Crippen molar-refractivity contribution in [3.63, 3.8) is 0 Å². The van der Waals surface area contributed by atoms with Gasteiger partial charge in [0.15, 0.2) is 0 Å². The van der Waals surface area contributed by atoms with Crippen LogP contribution < -0.4 is 5.32 Å². The Hall–Kier alpha value is -2.11. The molecule has 1 aromatic heterocycles. The average molecular weight is 293 g/mol. The fraction of sp³-hybridized carbons (Fsp3) is 0.333. The first kappa shape index (κ1) is 13.9. The van der Waals surface area contributed by atoms with Crippen LogP contribution in [0.3, 0.4) is 0 Å². The molecule has 0 saturated heterocycles. The molecule has 0 aliphatic heterocycles. The Labute approximate surface area is 120 Å². The molecule has 0 saturated carbocycles. The van der Waals surface area contributed by atoms with Crippen LogP contribution in [0, 0.1) is 6.92 Å².